The van der Waals surface area contributed by atoms with Crippen molar-refractivity contribution in [1.29, 1.82) is 0 Å². The van der Waals surface area contributed by atoms with E-state index in [4.69, 9.17) is 11.6 Å². The van der Waals surface area contributed by atoms with Gasteiger partial charge in [-0.3, -0.25) is 14.8 Å². The standard InChI is InChI=1S/C23H21ClN4OS/c1-13(2)21-16(11-27-23-22(21)28-14(3)30-23)10-17(29)8-15-4-5-18(19(24)9-15)20-12-25-6-7-26-20/h4-7,9,11-13H,8,10H2,1-3H3. The second-order valence-corrected chi connectivity index (χ2v) is 9.12. The van der Waals surface area contributed by atoms with Crippen molar-refractivity contribution in [2.24, 2.45) is 0 Å². The minimum absolute atomic E-state index is 0.119. The Morgan fingerprint density at radius 3 is 2.67 bits per heavy atom. The molecule has 5 nitrogen and oxygen atoms in total. The van der Waals surface area contributed by atoms with Crippen LogP contribution in [0.4, 0.5) is 0 Å². The van der Waals surface area contributed by atoms with Gasteiger partial charge in [0.05, 0.1) is 21.9 Å². The molecule has 0 radical (unpaired) electrons. The van der Waals surface area contributed by atoms with Crippen LogP contribution in [0.3, 0.4) is 0 Å². The molecule has 0 aliphatic rings. The number of thiazole rings is 1. The molecule has 0 saturated carbocycles. The highest BCUT2D eigenvalue weighted by Crippen LogP contribution is 2.31. The number of carbonyl (C=O) groups excluding carboxylic acids is 1. The number of aromatic nitrogens is 4. The molecule has 152 valence electrons. The number of hydrogen-bond acceptors (Lipinski definition) is 6. The number of hydrogen-bond donors (Lipinski definition) is 0. The lowest BCUT2D eigenvalue weighted by molar-refractivity contribution is -0.117. The van der Waals surface area contributed by atoms with E-state index < -0.39 is 0 Å². The fourth-order valence-corrected chi connectivity index (χ4v) is 4.71. The smallest absolute Gasteiger partial charge is 0.143 e. The normalized spacial score (nSPS) is 11.4. The molecule has 0 amide bonds. The predicted molar refractivity (Wildman–Crippen MR) is 121 cm³/mol. The third kappa shape index (κ3) is 4.25. The van der Waals surface area contributed by atoms with Crippen LogP contribution in [0, 0.1) is 6.92 Å². The van der Waals surface area contributed by atoms with Crippen molar-refractivity contribution in [3.8, 4) is 11.3 Å². The van der Waals surface area contributed by atoms with Crippen molar-refractivity contribution >= 4 is 39.1 Å². The Morgan fingerprint density at radius 1 is 1.13 bits per heavy atom. The van der Waals surface area contributed by atoms with Crippen molar-refractivity contribution in [2.45, 2.75) is 39.5 Å². The van der Waals surface area contributed by atoms with Crippen molar-refractivity contribution < 1.29 is 4.79 Å². The average Bonchev–Trinajstić information content (AvgIpc) is 3.08. The zero-order valence-electron chi connectivity index (χ0n) is 17.0. The number of halogens is 1. The number of Topliss-reactive ketones (excluding diaryl/α,β-unsaturated/α-hetero) is 1. The van der Waals surface area contributed by atoms with Gasteiger partial charge in [-0.2, -0.15) is 0 Å². The Hall–Kier alpha value is -2.70. The summed E-state index contributed by atoms with van der Waals surface area (Å²) < 4.78 is 0. The maximum absolute atomic E-state index is 12.9. The number of benzene rings is 1. The van der Waals surface area contributed by atoms with Crippen LogP contribution < -0.4 is 0 Å². The number of carbonyl (C=O) groups is 1. The number of fused-ring (bicyclic) bond motifs is 1. The van der Waals surface area contributed by atoms with Gasteiger partial charge >= 0.3 is 0 Å². The van der Waals surface area contributed by atoms with E-state index in [-0.39, 0.29) is 11.7 Å². The lowest BCUT2D eigenvalue weighted by Gasteiger charge is -2.13. The second-order valence-electron chi connectivity index (χ2n) is 7.54. The van der Waals surface area contributed by atoms with Gasteiger partial charge in [-0.05, 0) is 35.6 Å². The number of rotatable bonds is 6. The molecule has 4 aromatic rings. The quantitative estimate of drug-likeness (QED) is 0.394. The van der Waals surface area contributed by atoms with E-state index in [9.17, 15) is 4.79 Å². The molecule has 0 fully saturated rings. The molecule has 30 heavy (non-hydrogen) atoms. The molecule has 4 rings (SSSR count). The van der Waals surface area contributed by atoms with Crippen LogP contribution in [-0.4, -0.2) is 25.7 Å². The largest absolute Gasteiger partial charge is 0.299 e. The highest BCUT2D eigenvalue weighted by Gasteiger charge is 2.18. The molecular weight excluding hydrogens is 416 g/mol. The van der Waals surface area contributed by atoms with Crippen molar-refractivity contribution in [3.05, 3.63) is 69.7 Å². The molecule has 0 spiro atoms. The lowest BCUT2D eigenvalue weighted by atomic mass is 9.93. The summed E-state index contributed by atoms with van der Waals surface area (Å²) in [6, 6.07) is 5.64. The summed E-state index contributed by atoms with van der Waals surface area (Å²) >= 11 is 8.03. The van der Waals surface area contributed by atoms with Crippen LogP contribution in [0.2, 0.25) is 5.02 Å². The molecule has 0 aliphatic carbocycles. The Labute approximate surface area is 184 Å². The molecule has 1 aromatic carbocycles. The maximum Gasteiger partial charge on any atom is 0.143 e. The molecule has 0 bridgehead atoms. The highest BCUT2D eigenvalue weighted by atomic mass is 35.5. The number of aryl methyl sites for hydroxylation is 1. The number of nitrogens with zero attached hydrogens (tertiary/aromatic N) is 4. The zero-order valence-corrected chi connectivity index (χ0v) is 18.6. The van der Waals surface area contributed by atoms with Gasteiger partial charge in [-0.1, -0.05) is 48.9 Å². The third-order valence-corrected chi connectivity index (χ3v) is 6.09. The Kier molecular flexibility index (Phi) is 5.88. The van der Waals surface area contributed by atoms with E-state index in [2.05, 4.69) is 33.8 Å². The first-order chi connectivity index (χ1) is 14.4. The molecule has 0 atom stereocenters. The Balaban J connectivity index is 1.55. The van der Waals surface area contributed by atoms with E-state index in [1.807, 2.05) is 31.3 Å². The summed E-state index contributed by atoms with van der Waals surface area (Å²) in [5.74, 6) is 0.383. The Bertz CT molecular complexity index is 1220. The van der Waals surface area contributed by atoms with Crippen molar-refractivity contribution in [3.63, 3.8) is 0 Å². The van der Waals surface area contributed by atoms with Crippen LogP contribution in [0.5, 0.6) is 0 Å². The summed E-state index contributed by atoms with van der Waals surface area (Å²) in [5, 5.41) is 1.55. The third-order valence-electron chi connectivity index (χ3n) is 4.89. The van der Waals surface area contributed by atoms with Gasteiger partial charge in [0.15, 0.2) is 0 Å². The minimum Gasteiger partial charge on any atom is -0.299 e. The van der Waals surface area contributed by atoms with Gasteiger partial charge in [0.1, 0.15) is 16.1 Å². The second kappa shape index (κ2) is 8.58. The van der Waals surface area contributed by atoms with Crippen LogP contribution in [0.15, 0.2) is 43.0 Å². The van der Waals surface area contributed by atoms with E-state index in [0.717, 1.165) is 37.6 Å². The Morgan fingerprint density at radius 2 is 1.97 bits per heavy atom. The SMILES string of the molecule is Cc1nc2c(C(C)C)c(CC(=O)Cc3ccc(-c4cnccn4)c(Cl)c3)cnc2s1. The number of pyridine rings is 1. The highest BCUT2D eigenvalue weighted by molar-refractivity contribution is 7.18. The van der Waals surface area contributed by atoms with Gasteiger partial charge in [0.2, 0.25) is 0 Å². The summed E-state index contributed by atoms with van der Waals surface area (Å²) in [5.41, 5.74) is 5.39. The molecule has 0 unspecified atom stereocenters. The fraction of sp³-hybridized carbons (Fsp3) is 0.261. The van der Waals surface area contributed by atoms with Crippen LogP contribution in [0.1, 0.15) is 41.5 Å². The van der Waals surface area contributed by atoms with Crippen LogP contribution in [0.25, 0.3) is 21.6 Å². The maximum atomic E-state index is 12.9. The van der Waals surface area contributed by atoms with Gasteiger partial charge in [-0.25, -0.2) is 9.97 Å². The van der Waals surface area contributed by atoms with Crippen molar-refractivity contribution in [2.75, 3.05) is 0 Å². The summed E-state index contributed by atoms with van der Waals surface area (Å²) in [6.45, 7) is 6.24. The van der Waals surface area contributed by atoms with Gasteiger partial charge in [0.25, 0.3) is 0 Å². The summed E-state index contributed by atoms with van der Waals surface area (Å²) in [6.07, 6.45) is 7.39. The minimum atomic E-state index is 0.119. The molecule has 3 aromatic heterocycles. The first-order valence-electron chi connectivity index (χ1n) is 9.73. The molecule has 0 N–H and O–H groups in total. The molecule has 0 aliphatic heterocycles. The molecular formula is C23H21ClN4OS. The van der Waals surface area contributed by atoms with E-state index in [1.54, 1.807) is 29.9 Å². The molecule has 7 heteroatoms. The average molecular weight is 437 g/mol. The monoisotopic (exact) mass is 436 g/mol. The van der Waals surface area contributed by atoms with E-state index in [0.29, 0.717) is 23.6 Å². The molecule has 3 heterocycles. The predicted octanol–water partition coefficient (Wildman–Crippen LogP) is 5.59. The van der Waals surface area contributed by atoms with E-state index in [1.165, 1.54) is 0 Å². The fourth-order valence-electron chi connectivity index (χ4n) is 3.64. The van der Waals surface area contributed by atoms with Crippen LogP contribution in [-0.2, 0) is 17.6 Å². The number of ketones is 1. The summed E-state index contributed by atoms with van der Waals surface area (Å²) in [4.78, 5) is 31.3. The topological polar surface area (TPSA) is 68.6 Å². The van der Waals surface area contributed by atoms with E-state index >= 15 is 0 Å². The zero-order chi connectivity index (χ0) is 21.3. The first-order valence-corrected chi connectivity index (χ1v) is 10.9. The molecule has 0 saturated heterocycles. The lowest BCUT2D eigenvalue weighted by Crippen LogP contribution is -2.10. The first kappa shape index (κ1) is 20.6. The summed E-state index contributed by atoms with van der Waals surface area (Å²) in [7, 11) is 0. The van der Waals surface area contributed by atoms with Crippen LogP contribution >= 0.6 is 22.9 Å². The van der Waals surface area contributed by atoms with Gasteiger partial charge in [0, 0.05) is 37.0 Å². The van der Waals surface area contributed by atoms with Gasteiger partial charge < -0.3 is 0 Å². The van der Waals surface area contributed by atoms with Crippen molar-refractivity contribution in [1.82, 2.24) is 19.9 Å². The van der Waals surface area contributed by atoms with Gasteiger partial charge in [-0.15, -0.1) is 0 Å².